The molecule has 0 radical (unpaired) electrons. The van der Waals surface area contributed by atoms with Crippen LogP contribution in [-0.4, -0.2) is 32.5 Å². The zero-order valence-corrected chi connectivity index (χ0v) is 7.01. The molecule has 0 amide bonds. The van der Waals surface area contributed by atoms with E-state index in [1.165, 1.54) is 0 Å². The third kappa shape index (κ3) is 1.89. The second-order valence-corrected chi connectivity index (χ2v) is 3.07. The van der Waals surface area contributed by atoms with Gasteiger partial charge in [-0.2, -0.15) is 0 Å². The summed E-state index contributed by atoms with van der Waals surface area (Å²) in [7, 11) is 0. The van der Waals surface area contributed by atoms with Gasteiger partial charge < -0.3 is 20.1 Å². The lowest BCUT2D eigenvalue weighted by atomic mass is 10.1. The summed E-state index contributed by atoms with van der Waals surface area (Å²) in [5.41, 5.74) is 0. The maximum absolute atomic E-state index is 5.23. The minimum absolute atomic E-state index is 0.384. The predicted molar refractivity (Wildman–Crippen MR) is 44.4 cm³/mol. The van der Waals surface area contributed by atoms with E-state index >= 15 is 0 Å². The monoisotopic (exact) mass is 170 g/mol. The molecule has 1 atom stereocenters. The first-order chi connectivity index (χ1) is 5.95. The van der Waals surface area contributed by atoms with Gasteiger partial charge in [-0.1, -0.05) is 0 Å². The van der Waals surface area contributed by atoms with Gasteiger partial charge in [0.15, 0.2) is 0 Å². The van der Waals surface area contributed by atoms with E-state index in [1.54, 1.807) is 6.26 Å². The van der Waals surface area contributed by atoms with E-state index in [0.717, 1.165) is 31.8 Å². The number of piperazine rings is 1. The van der Waals surface area contributed by atoms with Crippen molar-refractivity contribution in [3.05, 3.63) is 12.0 Å². The highest BCUT2D eigenvalue weighted by Crippen LogP contribution is 2.13. The third-order valence-electron chi connectivity index (χ3n) is 2.10. The predicted octanol–water partition coefficient (Wildman–Crippen LogP) is -0.216. The number of ether oxygens (including phenoxy) is 2. The van der Waals surface area contributed by atoms with Crippen LogP contribution in [0.4, 0.5) is 0 Å². The number of nitrogens with one attached hydrogen (secondary N) is 2. The maximum atomic E-state index is 5.23. The van der Waals surface area contributed by atoms with Crippen LogP contribution in [0, 0.1) is 0 Å². The molecule has 2 heterocycles. The minimum atomic E-state index is 0.384. The largest absolute Gasteiger partial charge is 0.462 e. The zero-order valence-electron chi connectivity index (χ0n) is 7.01. The van der Waals surface area contributed by atoms with Crippen molar-refractivity contribution >= 4 is 0 Å². The highest BCUT2D eigenvalue weighted by molar-refractivity contribution is 4.95. The van der Waals surface area contributed by atoms with Crippen molar-refractivity contribution in [3.8, 4) is 0 Å². The quantitative estimate of drug-likeness (QED) is 0.601. The van der Waals surface area contributed by atoms with Crippen LogP contribution in [0.25, 0.3) is 0 Å². The Morgan fingerprint density at radius 1 is 1.50 bits per heavy atom. The highest BCUT2D eigenvalue weighted by Gasteiger charge is 2.16. The Kier molecular flexibility index (Phi) is 2.48. The molecule has 0 aromatic heterocycles. The van der Waals surface area contributed by atoms with Crippen molar-refractivity contribution in [2.75, 3.05) is 26.4 Å². The average molecular weight is 170 g/mol. The van der Waals surface area contributed by atoms with Crippen molar-refractivity contribution in [3.63, 3.8) is 0 Å². The van der Waals surface area contributed by atoms with Gasteiger partial charge in [0.1, 0.15) is 12.0 Å². The number of hydrogen-bond acceptors (Lipinski definition) is 4. The first-order valence-electron chi connectivity index (χ1n) is 4.33. The van der Waals surface area contributed by atoms with Gasteiger partial charge in [-0.25, -0.2) is 0 Å². The Morgan fingerprint density at radius 2 is 2.50 bits per heavy atom. The van der Waals surface area contributed by atoms with Crippen LogP contribution in [0.2, 0.25) is 0 Å². The summed E-state index contributed by atoms with van der Waals surface area (Å²) < 4.78 is 10.2. The fourth-order valence-electron chi connectivity index (χ4n) is 1.48. The van der Waals surface area contributed by atoms with Gasteiger partial charge in [-0.05, 0) is 0 Å². The molecule has 1 fully saturated rings. The summed E-state index contributed by atoms with van der Waals surface area (Å²) in [6, 6.07) is 0.492. The Morgan fingerprint density at radius 3 is 3.17 bits per heavy atom. The zero-order chi connectivity index (χ0) is 8.23. The number of hydrogen-bond donors (Lipinski definition) is 2. The van der Waals surface area contributed by atoms with E-state index in [9.17, 15) is 0 Å². The number of rotatable bonds is 2. The van der Waals surface area contributed by atoms with Gasteiger partial charge in [0.25, 0.3) is 0 Å². The summed E-state index contributed by atoms with van der Waals surface area (Å²) in [5.74, 6) is 0.955. The van der Waals surface area contributed by atoms with Crippen LogP contribution >= 0.6 is 0 Å². The molecule has 2 N–H and O–H groups in total. The molecule has 0 aromatic rings. The standard InChI is InChI=1S/C8H14N2O2/c1-2-10-7(4-9-1)3-8-5-11-6-12-8/h5,7,9-10H,1-4,6H2. The summed E-state index contributed by atoms with van der Waals surface area (Å²) in [5, 5.41) is 6.73. The van der Waals surface area contributed by atoms with Gasteiger partial charge in [-0.3, -0.25) is 0 Å². The Balaban J connectivity index is 1.77. The van der Waals surface area contributed by atoms with Crippen LogP contribution in [0.5, 0.6) is 0 Å². The molecule has 68 valence electrons. The first kappa shape index (κ1) is 7.89. The van der Waals surface area contributed by atoms with Crippen molar-refractivity contribution < 1.29 is 9.47 Å². The normalized spacial score (nSPS) is 29.0. The third-order valence-corrected chi connectivity index (χ3v) is 2.10. The van der Waals surface area contributed by atoms with E-state index in [0.29, 0.717) is 12.8 Å². The lowest BCUT2D eigenvalue weighted by Crippen LogP contribution is -2.48. The van der Waals surface area contributed by atoms with Crippen LogP contribution in [-0.2, 0) is 9.47 Å². The Labute approximate surface area is 71.9 Å². The second-order valence-electron chi connectivity index (χ2n) is 3.07. The topological polar surface area (TPSA) is 42.5 Å². The summed E-state index contributed by atoms with van der Waals surface area (Å²) in [4.78, 5) is 0. The molecule has 0 saturated carbocycles. The Hall–Kier alpha value is -0.740. The van der Waals surface area contributed by atoms with E-state index in [4.69, 9.17) is 9.47 Å². The van der Waals surface area contributed by atoms with Crippen molar-refractivity contribution in [1.82, 2.24) is 10.6 Å². The molecule has 2 aliphatic heterocycles. The molecule has 4 heteroatoms. The SMILES string of the molecule is C1=C(CC2CNCCN2)OCO1. The van der Waals surface area contributed by atoms with E-state index in [1.807, 2.05) is 0 Å². The van der Waals surface area contributed by atoms with Crippen LogP contribution in [0.3, 0.4) is 0 Å². The molecule has 0 bridgehead atoms. The van der Waals surface area contributed by atoms with Gasteiger partial charge in [0.2, 0.25) is 6.79 Å². The lowest BCUT2D eigenvalue weighted by molar-refractivity contribution is 0.0761. The van der Waals surface area contributed by atoms with E-state index in [2.05, 4.69) is 10.6 Å². The first-order valence-corrected chi connectivity index (χ1v) is 4.33. The molecule has 2 aliphatic rings. The molecule has 4 nitrogen and oxygen atoms in total. The van der Waals surface area contributed by atoms with E-state index < -0.39 is 0 Å². The van der Waals surface area contributed by atoms with Crippen LogP contribution < -0.4 is 10.6 Å². The molecule has 2 rings (SSSR count). The minimum Gasteiger partial charge on any atom is -0.462 e. The second kappa shape index (κ2) is 3.78. The maximum Gasteiger partial charge on any atom is 0.229 e. The molecule has 1 unspecified atom stereocenters. The van der Waals surface area contributed by atoms with Gasteiger partial charge >= 0.3 is 0 Å². The Bertz CT molecular complexity index is 176. The summed E-state index contributed by atoms with van der Waals surface area (Å²) >= 11 is 0. The molecule has 0 spiro atoms. The van der Waals surface area contributed by atoms with Gasteiger partial charge in [-0.15, -0.1) is 0 Å². The molecular formula is C8H14N2O2. The average Bonchev–Trinajstić information content (AvgIpc) is 2.59. The molecule has 0 aromatic carbocycles. The van der Waals surface area contributed by atoms with Gasteiger partial charge in [0.05, 0.1) is 0 Å². The van der Waals surface area contributed by atoms with E-state index in [-0.39, 0.29) is 0 Å². The molecular weight excluding hydrogens is 156 g/mol. The molecule has 0 aliphatic carbocycles. The lowest BCUT2D eigenvalue weighted by Gasteiger charge is -2.23. The fraction of sp³-hybridized carbons (Fsp3) is 0.750. The highest BCUT2D eigenvalue weighted by atomic mass is 16.7. The molecule has 1 saturated heterocycles. The van der Waals surface area contributed by atoms with Crippen LogP contribution in [0.15, 0.2) is 12.0 Å². The summed E-state index contributed by atoms with van der Waals surface area (Å²) in [6.45, 7) is 3.50. The van der Waals surface area contributed by atoms with Crippen molar-refractivity contribution in [2.45, 2.75) is 12.5 Å². The van der Waals surface area contributed by atoms with Crippen molar-refractivity contribution in [2.24, 2.45) is 0 Å². The molecule has 12 heavy (non-hydrogen) atoms. The fourth-order valence-corrected chi connectivity index (χ4v) is 1.48. The van der Waals surface area contributed by atoms with Gasteiger partial charge in [0, 0.05) is 32.1 Å². The van der Waals surface area contributed by atoms with Crippen LogP contribution in [0.1, 0.15) is 6.42 Å². The van der Waals surface area contributed by atoms with Crippen molar-refractivity contribution in [1.29, 1.82) is 0 Å². The summed E-state index contributed by atoms with van der Waals surface area (Å²) in [6.07, 6.45) is 2.63. The smallest absolute Gasteiger partial charge is 0.229 e.